The first-order valence-corrected chi connectivity index (χ1v) is 11.4. The number of nitrogens with zero attached hydrogens (tertiary/aromatic N) is 2. The number of aryl methyl sites for hydroxylation is 2. The Hall–Kier alpha value is -1.70. The van der Waals surface area contributed by atoms with E-state index in [-0.39, 0.29) is 15.9 Å². The fourth-order valence-electron chi connectivity index (χ4n) is 3.12. The maximum atomic E-state index is 12.8. The van der Waals surface area contributed by atoms with Crippen LogP contribution in [0.2, 0.25) is 0 Å². The number of sulfonamides is 1. The van der Waals surface area contributed by atoms with E-state index in [1.54, 1.807) is 12.1 Å². The number of rotatable bonds is 6. The van der Waals surface area contributed by atoms with Gasteiger partial charge in [-0.2, -0.15) is 4.31 Å². The lowest BCUT2D eigenvalue weighted by molar-refractivity contribution is 0.0993. The first-order chi connectivity index (χ1) is 12.8. The number of thioether (sulfide) groups is 1. The lowest BCUT2D eigenvalue weighted by Crippen LogP contribution is -2.27. The van der Waals surface area contributed by atoms with Gasteiger partial charge in [-0.25, -0.2) is 13.4 Å². The number of carbonyl (C=O) groups excluding carboxylic acids is 1. The molecule has 1 aromatic heterocycles. The molecule has 0 spiro atoms. The predicted molar refractivity (Wildman–Crippen MR) is 108 cm³/mol. The monoisotopic (exact) mass is 404 g/mol. The molecular weight excluding hydrogens is 380 g/mol. The summed E-state index contributed by atoms with van der Waals surface area (Å²) in [6, 6.07) is 9.12. The van der Waals surface area contributed by atoms with E-state index >= 15 is 0 Å². The van der Waals surface area contributed by atoms with Gasteiger partial charge in [-0.05, 0) is 57.4 Å². The Morgan fingerprint density at radius 2 is 1.85 bits per heavy atom. The largest absolute Gasteiger partial charge is 0.293 e. The molecule has 0 aliphatic carbocycles. The first kappa shape index (κ1) is 20.0. The number of Topliss-reactive ketones (excluding diaryl/α,β-unsaturated/α-hetero) is 1. The molecule has 0 unspecified atom stereocenters. The number of hydrogen-bond donors (Lipinski definition) is 0. The van der Waals surface area contributed by atoms with Gasteiger partial charge in [0.15, 0.2) is 5.78 Å². The average Bonchev–Trinajstić information content (AvgIpc) is 3.19. The third-order valence-corrected chi connectivity index (χ3v) is 7.67. The summed E-state index contributed by atoms with van der Waals surface area (Å²) < 4.78 is 26.6. The summed E-state index contributed by atoms with van der Waals surface area (Å²) in [7, 11) is -3.46. The molecule has 1 saturated heterocycles. The fraction of sp³-hybridized carbons (Fsp3) is 0.400. The molecule has 0 N–H and O–H groups in total. The number of carbonyl (C=O) groups is 1. The average molecular weight is 405 g/mol. The van der Waals surface area contributed by atoms with E-state index in [1.165, 1.54) is 22.3 Å². The van der Waals surface area contributed by atoms with Gasteiger partial charge in [-0.1, -0.05) is 29.5 Å². The summed E-state index contributed by atoms with van der Waals surface area (Å²) in [6.45, 7) is 6.89. The molecule has 3 rings (SSSR count). The second-order valence-electron chi connectivity index (χ2n) is 6.89. The number of hydrogen-bond acceptors (Lipinski definition) is 5. The maximum absolute atomic E-state index is 12.8. The van der Waals surface area contributed by atoms with E-state index < -0.39 is 10.0 Å². The second-order valence-corrected chi connectivity index (χ2v) is 10.2. The molecular formula is C20H24N2O3S2. The Morgan fingerprint density at radius 1 is 1.15 bits per heavy atom. The minimum Gasteiger partial charge on any atom is -0.293 e. The van der Waals surface area contributed by atoms with Crippen LogP contribution < -0.4 is 0 Å². The lowest BCUT2D eigenvalue weighted by atomic mass is 10.0. The highest BCUT2D eigenvalue weighted by molar-refractivity contribution is 8.00. The van der Waals surface area contributed by atoms with E-state index in [4.69, 9.17) is 0 Å². The Labute approximate surface area is 165 Å². The van der Waals surface area contributed by atoms with Gasteiger partial charge >= 0.3 is 0 Å². The molecule has 0 bridgehead atoms. The van der Waals surface area contributed by atoms with Crippen molar-refractivity contribution in [1.29, 1.82) is 0 Å². The molecule has 1 fully saturated rings. The molecule has 27 heavy (non-hydrogen) atoms. The van der Waals surface area contributed by atoms with Gasteiger partial charge in [0.1, 0.15) is 4.90 Å². The zero-order valence-electron chi connectivity index (χ0n) is 15.8. The topological polar surface area (TPSA) is 67.3 Å². The van der Waals surface area contributed by atoms with Crippen LogP contribution in [0.1, 0.15) is 41.3 Å². The van der Waals surface area contributed by atoms with Crippen LogP contribution in [0.4, 0.5) is 0 Å². The molecule has 2 heterocycles. The van der Waals surface area contributed by atoms with Gasteiger partial charge in [0.2, 0.25) is 10.0 Å². The van der Waals surface area contributed by atoms with Crippen LogP contribution in [0, 0.1) is 13.8 Å². The smallest absolute Gasteiger partial charge is 0.244 e. The summed E-state index contributed by atoms with van der Waals surface area (Å²) in [4.78, 5) is 17.3. The highest BCUT2D eigenvalue weighted by Gasteiger charge is 2.27. The lowest BCUT2D eigenvalue weighted by Gasteiger charge is -2.16. The van der Waals surface area contributed by atoms with Crippen LogP contribution in [0.3, 0.4) is 0 Å². The summed E-state index contributed by atoms with van der Waals surface area (Å²) in [5, 5.41) is 0.334. The zero-order chi connectivity index (χ0) is 19.6. The minimum absolute atomic E-state index is 0.0526. The van der Waals surface area contributed by atoms with E-state index in [0.717, 1.165) is 29.5 Å². The van der Waals surface area contributed by atoms with Crippen molar-refractivity contribution >= 4 is 27.6 Å². The number of pyridine rings is 1. The van der Waals surface area contributed by atoms with Crippen molar-refractivity contribution in [1.82, 2.24) is 9.29 Å². The van der Waals surface area contributed by atoms with Crippen molar-refractivity contribution in [2.45, 2.75) is 48.8 Å². The van der Waals surface area contributed by atoms with Crippen molar-refractivity contribution in [2.24, 2.45) is 0 Å². The van der Waals surface area contributed by atoms with Crippen molar-refractivity contribution in [2.75, 3.05) is 13.1 Å². The molecule has 7 heteroatoms. The normalized spacial score (nSPS) is 16.4. The van der Waals surface area contributed by atoms with E-state index in [0.29, 0.717) is 18.1 Å². The number of aromatic nitrogens is 1. The van der Waals surface area contributed by atoms with Crippen molar-refractivity contribution < 1.29 is 13.2 Å². The summed E-state index contributed by atoms with van der Waals surface area (Å²) >= 11 is 1.34. The third-order valence-electron chi connectivity index (χ3n) is 4.74. The van der Waals surface area contributed by atoms with Crippen molar-refractivity contribution in [3.63, 3.8) is 0 Å². The standard InChI is InChI=1S/C20H24N2O3S2/c1-14-6-7-15(2)18(12-14)20(23)16(3)26-19-9-8-17(13-21-19)27(24,25)22-10-4-5-11-22/h6-9,12-13,16H,4-5,10-11H2,1-3H3/t16-/m1/s1. The van der Waals surface area contributed by atoms with Crippen molar-refractivity contribution in [3.8, 4) is 0 Å². The van der Waals surface area contributed by atoms with Crippen molar-refractivity contribution in [3.05, 3.63) is 53.2 Å². The quantitative estimate of drug-likeness (QED) is 0.540. The molecule has 1 aliphatic heterocycles. The molecule has 1 aliphatic rings. The summed E-state index contributed by atoms with van der Waals surface area (Å²) in [5.74, 6) is 0.0526. The summed E-state index contributed by atoms with van der Waals surface area (Å²) in [5.41, 5.74) is 2.73. The van der Waals surface area contributed by atoms with Crippen LogP contribution in [0.25, 0.3) is 0 Å². The van der Waals surface area contributed by atoms with E-state index in [9.17, 15) is 13.2 Å². The Kier molecular flexibility index (Phi) is 6.03. The molecule has 1 atom stereocenters. The van der Waals surface area contributed by atoms with Crippen LogP contribution in [0.15, 0.2) is 46.5 Å². The van der Waals surface area contributed by atoms with Gasteiger partial charge < -0.3 is 0 Å². The van der Waals surface area contributed by atoms with Gasteiger partial charge in [0.25, 0.3) is 0 Å². The number of ketones is 1. The Morgan fingerprint density at radius 3 is 2.48 bits per heavy atom. The molecule has 0 amide bonds. The van der Waals surface area contributed by atoms with Crippen LogP contribution in [-0.2, 0) is 10.0 Å². The van der Waals surface area contributed by atoms with Crippen LogP contribution in [0.5, 0.6) is 0 Å². The predicted octanol–water partition coefficient (Wildman–Crippen LogP) is 3.85. The molecule has 1 aromatic carbocycles. The molecule has 5 nitrogen and oxygen atoms in total. The summed E-state index contributed by atoms with van der Waals surface area (Å²) in [6.07, 6.45) is 3.20. The van der Waals surface area contributed by atoms with Gasteiger partial charge in [0.05, 0.1) is 10.3 Å². The highest BCUT2D eigenvalue weighted by Crippen LogP contribution is 2.27. The van der Waals surface area contributed by atoms with Gasteiger partial charge in [-0.3, -0.25) is 4.79 Å². The minimum atomic E-state index is -3.46. The first-order valence-electron chi connectivity index (χ1n) is 9.03. The van der Waals surface area contributed by atoms with Crippen LogP contribution in [-0.4, -0.2) is 41.8 Å². The van der Waals surface area contributed by atoms with Gasteiger partial charge in [0, 0.05) is 24.8 Å². The van der Waals surface area contributed by atoms with Crippen LogP contribution >= 0.6 is 11.8 Å². The van der Waals surface area contributed by atoms with E-state index in [2.05, 4.69) is 4.98 Å². The van der Waals surface area contributed by atoms with Gasteiger partial charge in [-0.15, -0.1) is 0 Å². The second kappa shape index (κ2) is 8.12. The maximum Gasteiger partial charge on any atom is 0.244 e. The molecule has 0 saturated carbocycles. The fourth-order valence-corrected chi connectivity index (χ4v) is 5.44. The Balaban J connectivity index is 1.72. The van der Waals surface area contributed by atoms with E-state index in [1.807, 2.05) is 39.0 Å². The Bertz CT molecular complexity index is 934. The molecule has 0 radical (unpaired) electrons. The third kappa shape index (κ3) is 4.42. The number of benzene rings is 1. The SMILES string of the molecule is Cc1ccc(C)c(C(=O)[C@@H](C)Sc2ccc(S(=O)(=O)N3CCCC3)cn2)c1. The highest BCUT2D eigenvalue weighted by atomic mass is 32.2. The zero-order valence-corrected chi connectivity index (χ0v) is 17.4. The molecule has 144 valence electrons. The molecule has 2 aromatic rings.